The van der Waals surface area contributed by atoms with Gasteiger partial charge < -0.3 is 10.6 Å². The monoisotopic (exact) mass is 613 g/mol. The molecular weight excluding hydrogens is 585 g/mol. The Kier molecular flexibility index (Phi) is 7.75. The Bertz CT molecular complexity index is 1320. The summed E-state index contributed by atoms with van der Waals surface area (Å²) in [6, 6.07) is 15.5. The van der Waals surface area contributed by atoms with Gasteiger partial charge in [-0.15, -0.1) is 11.3 Å². The Hall–Kier alpha value is -2.67. The van der Waals surface area contributed by atoms with Crippen LogP contribution in [-0.2, 0) is 4.79 Å². The molecule has 1 aliphatic rings. The first-order chi connectivity index (χ1) is 17.5. The minimum absolute atomic E-state index is 0.0480. The maximum absolute atomic E-state index is 11.6. The van der Waals surface area contributed by atoms with Crippen LogP contribution in [0.5, 0.6) is 0 Å². The predicted molar refractivity (Wildman–Crippen MR) is 152 cm³/mol. The zero-order valence-corrected chi connectivity index (χ0v) is 23.1. The van der Waals surface area contributed by atoms with Crippen LogP contribution in [0.2, 0.25) is 0 Å². The summed E-state index contributed by atoms with van der Waals surface area (Å²) < 4.78 is 1.21. The number of nitrogens with zero attached hydrogens (tertiary/aromatic N) is 4. The summed E-state index contributed by atoms with van der Waals surface area (Å²) in [5.74, 6) is 1.15. The molecular formula is C26H28IN7OS. The maximum Gasteiger partial charge on any atom is 0.222 e. The van der Waals surface area contributed by atoms with Crippen LogP contribution in [0.4, 0.5) is 5.82 Å². The van der Waals surface area contributed by atoms with Crippen molar-refractivity contribution in [1.82, 2.24) is 30.4 Å². The van der Waals surface area contributed by atoms with Gasteiger partial charge in [0, 0.05) is 27.6 Å². The quantitative estimate of drug-likeness (QED) is 0.256. The molecule has 4 aromatic rings. The number of aromatic amines is 1. The van der Waals surface area contributed by atoms with Gasteiger partial charge in [-0.3, -0.25) is 14.8 Å². The van der Waals surface area contributed by atoms with Gasteiger partial charge in [-0.1, -0.05) is 12.1 Å². The van der Waals surface area contributed by atoms with Gasteiger partial charge >= 0.3 is 0 Å². The second-order valence-corrected chi connectivity index (χ2v) is 11.2. The molecule has 3 N–H and O–H groups in total. The van der Waals surface area contributed by atoms with Crippen LogP contribution in [0, 0.1) is 3.57 Å². The third-order valence-electron chi connectivity index (χ3n) is 6.51. The molecule has 1 atom stereocenters. The molecule has 1 fully saturated rings. The van der Waals surface area contributed by atoms with E-state index in [1.807, 2.05) is 12.1 Å². The van der Waals surface area contributed by atoms with Crippen molar-refractivity contribution in [2.24, 2.45) is 0 Å². The van der Waals surface area contributed by atoms with Gasteiger partial charge in [0.2, 0.25) is 5.91 Å². The van der Waals surface area contributed by atoms with Gasteiger partial charge in [-0.2, -0.15) is 5.10 Å². The second-order valence-electron chi connectivity index (χ2n) is 8.94. The molecule has 3 aromatic heterocycles. The lowest BCUT2D eigenvalue weighted by Crippen LogP contribution is -2.43. The summed E-state index contributed by atoms with van der Waals surface area (Å²) >= 11 is 4.03. The average molecular weight is 614 g/mol. The van der Waals surface area contributed by atoms with E-state index in [9.17, 15) is 4.79 Å². The number of rotatable bonds is 7. The number of carbonyl (C=O) groups excluding carboxylic acids is 1. The number of halogens is 1. The van der Waals surface area contributed by atoms with Gasteiger partial charge in [0.1, 0.15) is 12.1 Å². The summed E-state index contributed by atoms with van der Waals surface area (Å²) in [5, 5.41) is 13.5. The predicted octanol–water partition coefficient (Wildman–Crippen LogP) is 4.93. The molecule has 1 aromatic carbocycles. The van der Waals surface area contributed by atoms with Crippen molar-refractivity contribution in [1.29, 1.82) is 0 Å². The van der Waals surface area contributed by atoms with Crippen LogP contribution in [0.15, 0.2) is 55.0 Å². The topological polar surface area (TPSA) is 98.8 Å². The molecule has 1 aliphatic heterocycles. The van der Waals surface area contributed by atoms with Crippen LogP contribution in [0.25, 0.3) is 21.1 Å². The van der Waals surface area contributed by atoms with E-state index in [1.54, 1.807) is 23.9 Å². The number of hydrogen-bond acceptors (Lipinski definition) is 7. The minimum atomic E-state index is -0.142. The van der Waals surface area contributed by atoms with Gasteiger partial charge in [-0.05, 0) is 103 Å². The van der Waals surface area contributed by atoms with Crippen LogP contribution < -0.4 is 10.6 Å². The fourth-order valence-electron chi connectivity index (χ4n) is 4.79. The standard InChI is InChI=1S/C26H28IN7OS/c1-16(35)32-23-13-18(7-12-29-23)22-14-21(25(36-22)26-30-15-31-33-26)24(17-3-5-19(27)6-4-17)34(2)20-8-10-28-11-9-20/h3-7,12-15,20,24,28H,8-11H2,1-2H3,(H,29,32,35)(H,30,31,33). The second kappa shape index (κ2) is 11.2. The van der Waals surface area contributed by atoms with Gasteiger partial charge in [0.15, 0.2) is 5.82 Å². The lowest BCUT2D eigenvalue weighted by atomic mass is 9.93. The van der Waals surface area contributed by atoms with Crippen molar-refractivity contribution < 1.29 is 4.79 Å². The van der Waals surface area contributed by atoms with Crippen molar-refractivity contribution >= 4 is 45.7 Å². The molecule has 8 nitrogen and oxygen atoms in total. The molecule has 10 heteroatoms. The Morgan fingerprint density at radius 2 is 1.94 bits per heavy atom. The van der Waals surface area contributed by atoms with Gasteiger partial charge in [0.05, 0.1) is 10.9 Å². The number of aromatic nitrogens is 4. The first-order valence-electron chi connectivity index (χ1n) is 11.9. The fraction of sp³-hybridized carbons (Fsp3) is 0.308. The number of pyridine rings is 1. The van der Waals surface area contributed by atoms with Crippen LogP contribution in [-0.4, -0.2) is 57.2 Å². The van der Waals surface area contributed by atoms with Crippen molar-refractivity contribution in [3.63, 3.8) is 0 Å². The highest BCUT2D eigenvalue weighted by molar-refractivity contribution is 14.1. The van der Waals surface area contributed by atoms with Crippen LogP contribution in [0.1, 0.15) is 36.9 Å². The molecule has 1 unspecified atom stereocenters. The maximum atomic E-state index is 11.6. The van der Waals surface area contributed by atoms with Crippen LogP contribution >= 0.6 is 33.9 Å². The molecule has 4 heterocycles. The third-order valence-corrected chi connectivity index (χ3v) is 8.44. The first kappa shape index (κ1) is 25.0. The Morgan fingerprint density at radius 3 is 2.64 bits per heavy atom. The highest BCUT2D eigenvalue weighted by Gasteiger charge is 2.31. The highest BCUT2D eigenvalue weighted by atomic mass is 127. The molecule has 36 heavy (non-hydrogen) atoms. The summed E-state index contributed by atoms with van der Waals surface area (Å²) in [7, 11) is 2.24. The Balaban J connectivity index is 1.64. The molecule has 1 saturated heterocycles. The molecule has 1 amide bonds. The molecule has 5 rings (SSSR count). The SMILES string of the molecule is CC(=O)Nc1cc(-c2cc(C(c3ccc(I)cc3)N(C)C3CCNCC3)c(-c3ncn[nH]3)s2)ccn1. The lowest BCUT2D eigenvalue weighted by Gasteiger charge is -2.38. The Labute approximate surface area is 228 Å². The van der Waals surface area contributed by atoms with E-state index in [1.165, 1.54) is 21.6 Å². The Morgan fingerprint density at radius 1 is 1.17 bits per heavy atom. The molecule has 0 spiro atoms. The van der Waals surface area contributed by atoms with Crippen molar-refractivity contribution in [3.05, 3.63) is 69.7 Å². The lowest BCUT2D eigenvalue weighted by molar-refractivity contribution is -0.114. The fourth-order valence-corrected chi connectivity index (χ4v) is 6.28. The number of hydrogen-bond donors (Lipinski definition) is 3. The van der Waals surface area contributed by atoms with E-state index in [0.29, 0.717) is 11.9 Å². The normalized spacial score (nSPS) is 15.2. The van der Waals surface area contributed by atoms with E-state index in [-0.39, 0.29) is 11.9 Å². The molecule has 0 bridgehead atoms. The van der Waals surface area contributed by atoms with Crippen molar-refractivity contribution in [2.45, 2.75) is 31.8 Å². The largest absolute Gasteiger partial charge is 0.317 e. The first-order valence-corrected chi connectivity index (χ1v) is 13.8. The number of piperidine rings is 1. The van der Waals surface area contributed by atoms with E-state index < -0.39 is 0 Å². The zero-order chi connectivity index (χ0) is 25.1. The van der Waals surface area contributed by atoms with E-state index in [4.69, 9.17) is 0 Å². The van der Waals surface area contributed by atoms with E-state index in [0.717, 1.165) is 47.1 Å². The molecule has 186 valence electrons. The number of amides is 1. The number of benzene rings is 1. The average Bonchev–Trinajstić information content (AvgIpc) is 3.56. The number of carbonyl (C=O) groups is 1. The molecule has 0 radical (unpaired) electrons. The number of thiophene rings is 1. The van der Waals surface area contributed by atoms with E-state index in [2.05, 4.69) is 95.7 Å². The minimum Gasteiger partial charge on any atom is -0.317 e. The highest BCUT2D eigenvalue weighted by Crippen LogP contribution is 2.44. The smallest absolute Gasteiger partial charge is 0.222 e. The number of anilines is 1. The summed E-state index contributed by atoms with van der Waals surface area (Å²) in [6.45, 7) is 3.55. The summed E-state index contributed by atoms with van der Waals surface area (Å²) in [6.07, 6.45) is 5.50. The van der Waals surface area contributed by atoms with Crippen molar-refractivity contribution in [2.75, 3.05) is 25.5 Å². The number of H-pyrrole nitrogens is 1. The van der Waals surface area contributed by atoms with E-state index >= 15 is 0 Å². The number of nitrogens with one attached hydrogen (secondary N) is 3. The third kappa shape index (κ3) is 5.51. The van der Waals surface area contributed by atoms with Crippen LogP contribution in [0.3, 0.4) is 0 Å². The molecule has 0 saturated carbocycles. The van der Waals surface area contributed by atoms with Gasteiger partial charge in [-0.25, -0.2) is 9.97 Å². The summed E-state index contributed by atoms with van der Waals surface area (Å²) in [4.78, 5) is 25.1. The zero-order valence-electron chi connectivity index (χ0n) is 20.2. The van der Waals surface area contributed by atoms with Gasteiger partial charge in [0.25, 0.3) is 0 Å². The van der Waals surface area contributed by atoms with Crippen molar-refractivity contribution in [3.8, 4) is 21.1 Å². The summed E-state index contributed by atoms with van der Waals surface area (Å²) in [5.41, 5.74) is 3.43. The molecule has 0 aliphatic carbocycles.